The Bertz CT molecular complexity index is 1300. The predicted octanol–water partition coefficient (Wildman–Crippen LogP) is 17.4. The molecule has 0 amide bonds. The molecule has 64 heavy (non-hydrogen) atoms. The van der Waals surface area contributed by atoms with E-state index in [1.807, 2.05) is 0 Å². The van der Waals surface area contributed by atoms with Crippen LogP contribution in [0, 0.1) is 0 Å². The lowest BCUT2D eigenvalue weighted by Gasteiger charge is -2.18. The van der Waals surface area contributed by atoms with Crippen LogP contribution < -0.4 is 0 Å². The molecule has 0 saturated heterocycles. The Labute approximate surface area is 394 Å². The summed E-state index contributed by atoms with van der Waals surface area (Å²) in [6, 6.07) is 0. The second-order valence-electron chi connectivity index (χ2n) is 17.1. The van der Waals surface area contributed by atoms with Gasteiger partial charge in [0.15, 0.2) is 6.10 Å². The lowest BCUT2D eigenvalue weighted by molar-refractivity contribution is -0.167. The van der Waals surface area contributed by atoms with Crippen LogP contribution in [-0.4, -0.2) is 37.2 Å². The number of ether oxygens (including phenoxy) is 3. The van der Waals surface area contributed by atoms with Crippen molar-refractivity contribution in [1.82, 2.24) is 0 Å². The zero-order valence-electron chi connectivity index (χ0n) is 41.5. The van der Waals surface area contributed by atoms with Crippen molar-refractivity contribution in [1.29, 1.82) is 0 Å². The quantitative estimate of drug-likeness (QED) is 0.0199. The minimum atomic E-state index is -0.812. The molecule has 364 valence electrons. The van der Waals surface area contributed by atoms with E-state index in [4.69, 9.17) is 14.2 Å². The number of esters is 3. The van der Waals surface area contributed by atoms with Gasteiger partial charge in [0.25, 0.3) is 0 Å². The Balaban J connectivity index is 4.52. The Morgan fingerprint density at radius 1 is 0.344 bits per heavy atom. The third-order valence-corrected chi connectivity index (χ3v) is 10.9. The van der Waals surface area contributed by atoms with E-state index in [0.29, 0.717) is 19.3 Å². The second-order valence-corrected chi connectivity index (χ2v) is 17.1. The van der Waals surface area contributed by atoms with Crippen LogP contribution in [0.25, 0.3) is 0 Å². The molecule has 0 aliphatic carbocycles. The molecular weight excluding hydrogens is 793 g/mol. The lowest BCUT2D eigenvalue weighted by Crippen LogP contribution is -2.30. The first-order valence-electron chi connectivity index (χ1n) is 26.3. The highest BCUT2D eigenvalue weighted by molar-refractivity contribution is 5.71. The van der Waals surface area contributed by atoms with Gasteiger partial charge in [-0.25, -0.2) is 0 Å². The molecule has 0 radical (unpaired) electrons. The molecule has 0 aromatic rings. The fraction of sp³-hybridized carbons (Fsp3) is 0.672. The monoisotopic (exact) mass is 889 g/mol. The molecule has 1 unspecified atom stereocenters. The van der Waals surface area contributed by atoms with E-state index in [1.54, 1.807) is 0 Å². The van der Waals surface area contributed by atoms with Crippen molar-refractivity contribution in [2.75, 3.05) is 13.2 Å². The number of hydrogen-bond acceptors (Lipinski definition) is 6. The molecule has 6 nitrogen and oxygen atoms in total. The number of carbonyl (C=O) groups is 3. The van der Waals surface area contributed by atoms with Crippen molar-refractivity contribution in [2.24, 2.45) is 0 Å². The van der Waals surface area contributed by atoms with Crippen molar-refractivity contribution in [2.45, 2.75) is 239 Å². The van der Waals surface area contributed by atoms with Crippen LogP contribution in [0.3, 0.4) is 0 Å². The van der Waals surface area contributed by atoms with Gasteiger partial charge in [-0.3, -0.25) is 14.4 Å². The van der Waals surface area contributed by atoms with Crippen LogP contribution in [0.5, 0.6) is 0 Å². The summed E-state index contributed by atoms with van der Waals surface area (Å²) in [4.78, 5) is 38.0. The van der Waals surface area contributed by atoms with E-state index in [0.717, 1.165) is 96.3 Å². The summed E-state index contributed by atoms with van der Waals surface area (Å²) in [5, 5.41) is 0. The van der Waals surface area contributed by atoms with E-state index in [1.165, 1.54) is 89.9 Å². The maximum absolute atomic E-state index is 12.8. The lowest BCUT2D eigenvalue weighted by atomic mass is 10.1. The first kappa shape index (κ1) is 60.3. The Hall–Kier alpha value is -3.67. The largest absolute Gasteiger partial charge is 0.462 e. The van der Waals surface area contributed by atoms with Crippen LogP contribution >= 0.6 is 0 Å². The highest BCUT2D eigenvalue weighted by Gasteiger charge is 2.19. The normalized spacial score (nSPS) is 12.9. The van der Waals surface area contributed by atoms with E-state index in [2.05, 4.69) is 118 Å². The number of rotatable bonds is 46. The number of unbranched alkanes of at least 4 members (excludes halogenated alkanes) is 21. The topological polar surface area (TPSA) is 78.9 Å². The predicted molar refractivity (Wildman–Crippen MR) is 274 cm³/mol. The van der Waals surface area contributed by atoms with Crippen LogP contribution in [0.15, 0.2) is 97.2 Å². The third kappa shape index (κ3) is 49.3. The molecule has 0 rings (SSSR count). The number of allylic oxidation sites excluding steroid dienone is 16. The molecule has 0 heterocycles. The van der Waals surface area contributed by atoms with Crippen molar-refractivity contribution in [3.8, 4) is 0 Å². The average Bonchev–Trinajstić information content (AvgIpc) is 3.29. The number of carbonyl (C=O) groups excluding carboxylic acids is 3. The van der Waals surface area contributed by atoms with Gasteiger partial charge in [-0.15, -0.1) is 0 Å². The summed E-state index contributed by atoms with van der Waals surface area (Å²) in [7, 11) is 0. The standard InChI is InChI=1S/C58H96O6/c1-4-7-10-13-16-19-22-25-28-29-31-33-36-39-42-45-48-51-57(60)63-54-55(53-62-56(59)50-47-44-41-38-35-32-27-24-21-18-15-12-9-6-3)64-58(61)52-49-46-43-40-37-34-30-26-23-20-17-14-11-8-5-2/h8,11,14,16-17,19-20,23,25,28,31-33,35,39,42,55H,4-7,9-10,12-13,15,18,21-22,24,26-27,29-30,34,36-38,40-41,43-54H2,1-3H3/b11-8-,17-14-,19-16-,23-20-,28-25-,33-31-,35-32-,42-39-. The second kappa shape index (κ2) is 52.0. The molecule has 6 heteroatoms. The molecule has 0 spiro atoms. The molecule has 0 aromatic carbocycles. The summed E-state index contributed by atoms with van der Waals surface area (Å²) in [6.45, 7) is 6.40. The Morgan fingerprint density at radius 3 is 1.20 bits per heavy atom. The first-order valence-corrected chi connectivity index (χ1v) is 26.3. The van der Waals surface area contributed by atoms with Gasteiger partial charge in [0, 0.05) is 19.3 Å². The van der Waals surface area contributed by atoms with E-state index in [-0.39, 0.29) is 37.5 Å². The molecule has 0 aliphatic heterocycles. The van der Waals surface area contributed by atoms with Gasteiger partial charge in [0.05, 0.1) is 0 Å². The van der Waals surface area contributed by atoms with Gasteiger partial charge in [0.1, 0.15) is 13.2 Å². The maximum atomic E-state index is 12.8. The van der Waals surface area contributed by atoms with Crippen LogP contribution in [-0.2, 0) is 28.6 Å². The van der Waals surface area contributed by atoms with Crippen molar-refractivity contribution in [3.05, 3.63) is 97.2 Å². The van der Waals surface area contributed by atoms with E-state index < -0.39 is 6.10 Å². The SMILES string of the molecule is CC\C=C/C=C\C=C/CCCCCCCCCC(=O)OC(COC(=O)CCC/C=C\C/C=C\C/C=C\C/C=C\CCCCC)COC(=O)CCCCC/C=C\CCCCCCCCC. The maximum Gasteiger partial charge on any atom is 0.306 e. The Kier molecular flexibility index (Phi) is 49.0. The highest BCUT2D eigenvalue weighted by atomic mass is 16.6. The third-order valence-electron chi connectivity index (χ3n) is 10.9. The van der Waals surface area contributed by atoms with Gasteiger partial charge in [-0.1, -0.05) is 208 Å². The molecule has 1 atom stereocenters. The summed E-state index contributed by atoms with van der Waals surface area (Å²) in [5.41, 5.74) is 0. The zero-order chi connectivity index (χ0) is 46.5. The summed E-state index contributed by atoms with van der Waals surface area (Å²) in [5.74, 6) is -0.996. The molecule has 0 N–H and O–H groups in total. The number of hydrogen-bond donors (Lipinski definition) is 0. The first-order chi connectivity index (χ1) is 31.5. The van der Waals surface area contributed by atoms with Crippen LogP contribution in [0.2, 0.25) is 0 Å². The van der Waals surface area contributed by atoms with Crippen molar-refractivity contribution < 1.29 is 28.6 Å². The summed E-state index contributed by atoms with van der Waals surface area (Å²) >= 11 is 0. The van der Waals surface area contributed by atoms with Gasteiger partial charge >= 0.3 is 17.9 Å². The summed E-state index contributed by atoms with van der Waals surface area (Å²) < 4.78 is 16.7. The molecule has 0 bridgehead atoms. The van der Waals surface area contributed by atoms with Crippen molar-refractivity contribution >= 4 is 17.9 Å². The highest BCUT2D eigenvalue weighted by Crippen LogP contribution is 2.13. The fourth-order valence-corrected chi connectivity index (χ4v) is 6.90. The Morgan fingerprint density at radius 2 is 0.688 bits per heavy atom. The van der Waals surface area contributed by atoms with Gasteiger partial charge in [-0.2, -0.15) is 0 Å². The molecule has 0 saturated carbocycles. The average molecular weight is 889 g/mol. The van der Waals surface area contributed by atoms with E-state index in [9.17, 15) is 14.4 Å². The van der Waals surface area contributed by atoms with E-state index >= 15 is 0 Å². The van der Waals surface area contributed by atoms with Gasteiger partial charge < -0.3 is 14.2 Å². The zero-order valence-corrected chi connectivity index (χ0v) is 41.5. The van der Waals surface area contributed by atoms with Crippen LogP contribution in [0.4, 0.5) is 0 Å². The fourth-order valence-electron chi connectivity index (χ4n) is 6.90. The molecule has 0 fully saturated rings. The summed E-state index contributed by atoms with van der Waals surface area (Å²) in [6.07, 6.45) is 68.2. The van der Waals surface area contributed by atoms with Crippen molar-refractivity contribution in [3.63, 3.8) is 0 Å². The minimum absolute atomic E-state index is 0.108. The molecule has 0 aromatic heterocycles. The van der Waals surface area contributed by atoms with Gasteiger partial charge in [-0.05, 0) is 103 Å². The minimum Gasteiger partial charge on any atom is -0.462 e. The molecule has 0 aliphatic rings. The molecular formula is C58H96O6. The van der Waals surface area contributed by atoms with Crippen LogP contribution in [0.1, 0.15) is 233 Å². The van der Waals surface area contributed by atoms with Gasteiger partial charge in [0.2, 0.25) is 0 Å². The smallest absolute Gasteiger partial charge is 0.306 e.